The summed E-state index contributed by atoms with van der Waals surface area (Å²) in [6.45, 7) is 9.35. The van der Waals surface area contributed by atoms with Crippen LogP contribution in [0.15, 0.2) is 24.3 Å². The number of amides is 2. The van der Waals surface area contributed by atoms with E-state index in [1.165, 1.54) is 11.1 Å². The Labute approximate surface area is 162 Å². The molecule has 2 saturated heterocycles. The first-order chi connectivity index (χ1) is 13.1. The van der Waals surface area contributed by atoms with Gasteiger partial charge in [-0.15, -0.1) is 0 Å². The zero-order valence-electron chi connectivity index (χ0n) is 16.6. The van der Waals surface area contributed by atoms with E-state index in [-0.39, 0.29) is 17.7 Å². The van der Waals surface area contributed by atoms with E-state index in [0.717, 1.165) is 45.5 Å². The summed E-state index contributed by atoms with van der Waals surface area (Å²) in [5.74, 6) is 0. The number of carbonyl (C=O) groups excluding carboxylic acids is 1. The molecule has 2 aliphatic rings. The molecular weight excluding hydrogens is 342 g/mol. The zero-order chi connectivity index (χ0) is 19.1. The van der Waals surface area contributed by atoms with Gasteiger partial charge >= 0.3 is 6.03 Å². The Balaban J connectivity index is 1.55. The van der Waals surface area contributed by atoms with Gasteiger partial charge < -0.3 is 20.1 Å². The Morgan fingerprint density at radius 3 is 2.74 bits per heavy atom. The molecule has 1 aromatic carbocycles. The van der Waals surface area contributed by atoms with E-state index >= 15 is 0 Å². The first-order valence-corrected chi connectivity index (χ1v) is 10.2. The summed E-state index contributed by atoms with van der Waals surface area (Å²) in [7, 11) is 0. The molecule has 2 amide bonds. The van der Waals surface area contributed by atoms with Crippen molar-refractivity contribution < 1.29 is 14.3 Å². The number of carbonyl (C=O) groups is 1. The second kappa shape index (κ2) is 9.53. The molecule has 1 spiro atoms. The van der Waals surface area contributed by atoms with Crippen LogP contribution < -0.4 is 10.6 Å². The van der Waals surface area contributed by atoms with E-state index < -0.39 is 0 Å². The van der Waals surface area contributed by atoms with Gasteiger partial charge in [-0.05, 0) is 37.3 Å². The zero-order valence-corrected chi connectivity index (χ0v) is 16.6. The van der Waals surface area contributed by atoms with Crippen LogP contribution in [0.25, 0.3) is 0 Å². The van der Waals surface area contributed by atoms with Crippen LogP contribution in [0.3, 0.4) is 0 Å². The van der Waals surface area contributed by atoms with Gasteiger partial charge in [-0.2, -0.15) is 0 Å². The van der Waals surface area contributed by atoms with Gasteiger partial charge in [-0.3, -0.25) is 4.90 Å². The normalized spacial score (nSPS) is 26.1. The number of hydrogen-bond donors (Lipinski definition) is 2. The van der Waals surface area contributed by atoms with Crippen molar-refractivity contribution in [3.05, 3.63) is 35.4 Å². The van der Waals surface area contributed by atoms with E-state index in [9.17, 15) is 4.79 Å². The molecule has 2 heterocycles. The van der Waals surface area contributed by atoms with Crippen molar-refractivity contribution in [3.63, 3.8) is 0 Å². The predicted molar refractivity (Wildman–Crippen MR) is 106 cm³/mol. The minimum atomic E-state index is -0.257. The second-order valence-corrected chi connectivity index (χ2v) is 7.64. The van der Waals surface area contributed by atoms with Crippen LogP contribution in [-0.4, -0.2) is 62.0 Å². The maximum Gasteiger partial charge on any atom is 0.314 e. The first kappa shape index (κ1) is 20.1. The standard InChI is InChI=1S/C21H33N3O3/c1-3-17-5-7-18(8-6-17)14-24-11-12-26-16-21(15-24)10-9-19(27-21)13-23-20(25)22-4-2/h5-8,19H,3-4,9-16H2,1-2H3,(H2,22,23,25)/t19-,21+/m0/s1. The molecule has 150 valence electrons. The molecule has 2 fully saturated rings. The minimum Gasteiger partial charge on any atom is -0.377 e. The van der Waals surface area contributed by atoms with Crippen LogP contribution in [0.4, 0.5) is 4.79 Å². The Hall–Kier alpha value is -1.63. The van der Waals surface area contributed by atoms with Crippen LogP contribution in [0.2, 0.25) is 0 Å². The third-order valence-electron chi connectivity index (χ3n) is 5.43. The Morgan fingerprint density at radius 2 is 2.00 bits per heavy atom. The highest BCUT2D eigenvalue weighted by atomic mass is 16.6. The fourth-order valence-electron chi connectivity index (χ4n) is 3.95. The van der Waals surface area contributed by atoms with Crippen LogP contribution in [0, 0.1) is 0 Å². The van der Waals surface area contributed by atoms with Gasteiger partial charge in [0.2, 0.25) is 0 Å². The van der Waals surface area contributed by atoms with E-state index in [1.54, 1.807) is 0 Å². The highest BCUT2D eigenvalue weighted by Crippen LogP contribution is 2.33. The van der Waals surface area contributed by atoms with Crippen LogP contribution in [0.1, 0.15) is 37.8 Å². The third kappa shape index (κ3) is 5.67. The lowest BCUT2D eigenvalue weighted by molar-refractivity contribution is -0.0847. The van der Waals surface area contributed by atoms with Crippen molar-refractivity contribution in [3.8, 4) is 0 Å². The van der Waals surface area contributed by atoms with Crippen LogP contribution in [0.5, 0.6) is 0 Å². The van der Waals surface area contributed by atoms with E-state index in [4.69, 9.17) is 9.47 Å². The summed E-state index contributed by atoms with van der Waals surface area (Å²) in [4.78, 5) is 14.1. The molecule has 0 aromatic heterocycles. The topological polar surface area (TPSA) is 62.8 Å². The lowest BCUT2D eigenvalue weighted by atomic mass is 9.99. The lowest BCUT2D eigenvalue weighted by Crippen LogP contribution is -2.46. The maximum absolute atomic E-state index is 11.6. The smallest absolute Gasteiger partial charge is 0.314 e. The summed E-state index contributed by atoms with van der Waals surface area (Å²) in [5.41, 5.74) is 2.45. The molecule has 2 atom stereocenters. The number of ether oxygens (including phenoxy) is 2. The van der Waals surface area contributed by atoms with Gasteiger partial charge in [0.05, 0.1) is 19.3 Å². The highest BCUT2D eigenvalue weighted by molar-refractivity contribution is 5.73. The van der Waals surface area contributed by atoms with Crippen molar-refractivity contribution in [2.24, 2.45) is 0 Å². The Kier molecular flexibility index (Phi) is 7.10. The van der Waals surface area contributed by atoms with Gasteiger partial charge in [-0.25, -0.2) is 4.79 Å². The number of aryl methyl sites for hydroxylation is 1. The second-order valence-electron chi connectivity index (χ2n) is 7.64. The third-order valence-corrected chi connectivity index (χ3v) is 5.43. The van der Waals surface area contributed by atoms with Crippen molar-refractivity contribution in [2.75, 3.05) is 39.4 Å². The first-order valence-electron chi connectivity index (χ1n) is 10.2. The van der Waals surface area contributed by atoms with Gasteiger partial charge in [-0.1, -0.05) is 31.2 Å². The molecule has 27 heavy (non-hydrogen) atoms. The summed E-state index contributed by atoms with van der Waals surface area (Å²) in [6, 6.07) is 8.76. The highest BCUT2D eigenvalue weighted by Gasteiger charge is 2.43. The molecule has 2 aliphatic heterocycles. The van der Waals surface area contributed by atoms with Crippen molar-refractivity contribution in [1.29, 1.82) is 0 Å². The lowest BCUT2D eigenvalue weighted by Gasteiger charge is -2.32. The fourth-order valence-corrected chi connectivity index (χ4v) is 3.95. The number of nitrogens with zero attached hydrogens (tertiary/aromatic N) is 1. The monoisotopic (exact) mass is 375 g/mol. The van der Waals surface area contributed by atoms with Crippen LogP contribution >= 0.6 is 0 Å². The SMILES string of the molecule is CCNC(=O)NC[C@@H]1CC[C@@]2(COCCN(Cc3ccc(CC)cc3)C2)O1. The van der Waals surface area contributed by atoms with Gasteiger partial charge in [0, 0.05) is 32.7 Å². The number of hydrogen-bond acceptors (Lipinski definition) is 4. The number of urea groups is 1. The summed E-state index contributed by atoms with van der Waals surface area (Å²) in [6.07, 6.45) is 3.05. The van der Waals surface area contributed by atoms with Crippen LogP contribution in [-0.2, 0) is 22.4 Å². The largest absolute Gasteiger partial charge is 0.377 e. The maximum atomic E-state index is 11.6. The summed E-state index contributed by atoms with van der Waals surface area (Å²) >= 11 is 0. The average molecular weight is 376 g/mol. The molecule has 0 aliphatic carbocycles. The molecule has 0 saturated carbocycles. The number of benzene rings is 1. The van der Waals surface area contributed by atoms with Gasteiger partial charge in [0.1, 0.15) is 5.60 Å². The minimum absolute atomic E-state index is 0.0555. The molecule has 0 radical (unpaired) electrons. The quantitative estimate of drug-likeness (QED) is 0.801. The summed E-state index contributed by atoms with van der Waals surface area (Å²) < 4.78 is 12.3. The summed E-state index contributed by atoms with van der Waals surface area (Å²) in [5, 5.41) is 5.65. The molecule has 6 heteroatoms. The van der Waals surface area contributed by atoms with Gasteiger partial charge in [0.25, 0.3) is 0 Å². The molecule has 6 nitrogen and oxygen atoms in total. The Bertz CT molecular complexity index is 607. The van der Waals surface area contributed by atoms with E-state index in [1.807, 2.05) is 6.92 Å². The molecule has 2 N–H and O–H groups in total. The average Bonchev–Trinajstić information content (AvgIpc) is 2.96. The van der Waals surface area contributed by atoms with Gasteiger partial charge in [0.15, 0.2) is 0 Å². The Morgan fingerprint density at radius 1 is 1.22 bits per heavy atom. The van der Waals surface area contributed by atoms with Crippen molar-refractivity contribution in [1.82, 2.24) is 15.5 Å². The molecule has 3 rings (SSSR count). The van der Waals surface area contributed by atoms with E-state index in [0.29, 0.717) is 19.7 Å². The van der Waals surface area contributed by atoms with E-state index in [2.05, 4.69) is 46.7 Å². The number of nitrogens with one attached hydrogen (secondary N) is 2. The molecule has 1 aromatic rings. The number of rotatable bonds is 6. The molecule has 0 bridgehead atoms. The molecule has 0 unspecified atom stereocenters. The van der Waals surface area contributed by atoms with Crippen molar-refractivity contribution >= 4 is 6.03 Å². The van der Waals surface area contributed by atoms with Crippen molar-refractivity contribution in [2.45, 2.75) is 51.4 Å². The fraction of sp³-hybridized carbons (Fsp3) is 0.667. The predicted octanol–water partition coefficient (Wildman–Crippen LogP) is 2.32. The molecular formula is C21H33N3O3.